The van der Waals surface area contributed by atoms with Crippen molar-refractivity contribution in [1.82, 2.24) is 18.7 Å². The monoisotopic (exact) mass is 390 g/mol. The molecule has 0 aliphatic carbocycles. The van der Waals surface area contributed by atoms with E-state index in [0.29, 0.717) is 10.7 Å². The van der Waals surface area contributed by atoms with Crippen molar-refractivity contribution in [2.24, 2.45) is 0 Å². The molecule has 0 aliphatic heterocycles. The third kappa shape index (κ3) is 3.16. The van der Waals surface area contributed by atoms with Crippen molar-refractivity contribution in [2.45, 2.75) is 33.4 Å². The van der Waals surface area contributed by atoms with Gasteiger partial charge in [0.05, 0.1) is 18.6 Å². The first-order valence-electron chi connectivity index (χ1n) is 8.55. The molecule has 0 saturated carbocycles. The fourth-order valence-electron chi connectivity index (χ4n) is 2.94. The van der Waals surface area contributed by atoms with Crippen LogP contribution in [0.15, 0.2) is 40.2 Å². The minimum atomic E-state index is -0.765. The van der Waals surface area contributed by atoms with Gasteiger partial charge in [-0.3, -0.25) is 9.36 Å². The zero-order chi connectivity index (χ0) is 19.7. The molecular formula is C18H19ClN4O4. The van der Waals surface area contributed by atoms with Crippen LogP contribution in [0, 0.1) is 0 Å². The van der Waals surface area contributed by atoms with Crippen LogP contribution in [0.5, 0.6) is 0 Å². The van der Waals surface area contributed by atoms with Crippen LogP contribution >= 0.6 is 11.6 Å². The SMILES string of the molecule is CCOC(=O)[C@H](C)n1cnc2c1c(=O)n(CC)c(=O)n2-c1cccc(Cl)c1. The predicted octanol–water partition coefficient (Wildman–Crippen LogP) is 2.15. The maximum atomic E-state index is 12.9. The van der Waals surface area contributed by atoms with E-state index < -0.39 is 23.3 Å². The van der Waals surface area contributed by atoms with Crippen LogP contribution in [0.4, 0.5) is 0 Å². The Hall–Kier alpha value is -2.87. The van der Waals surface area contributed by atoms with Crippen molar-refractivity contribution < 1.29 is 9.53 Å². The Kier molecular flexibility index (Phi) is 5.18. The number of halogens is 1. The molecule has 9 heteroatoms. The average Bonchev–Trinajstić information content (AvgIpc) is 3.06. The van der Waals surface area contributed by atoms with E-state index in [1.54, 1.807) is 45.0 Å². The van der Waals surface area contributed by atoms with Gasteiger partial charge in [0.25, 0.3) is 5.56 Å². The summed E-state index contributed by atoms with van der Waals surface area (Å²) in [5.41, 5.74) is -0.241. The molecule has 0 saturated heterocycles. The van der Waals surface area contributed by atoms with Crippen LogP contribution in [0.1, 0.15) is 26.8 Å². The van der Waals surface area contributed by atoms with E-state index in [9.17, 15) is 14.4 Å². The van der Waals surface area contributed by atoms with E-state index in [1.165, 1.54) is 15.5 Å². The van der Waals surface area contributed by atoms with Gasteiger partial charge in [0, 0.05) is 11.6 Å². The van der Waals surface area contributed by atoms with Crippen molar-refractivity contribution in [2.75, 3.05) is 6.61 Å². The molecule has 0 radical (unpaired) electrons. The number of fused-ring (bicyclic) bond motifs is 1. The van der Waals surface area contributed by atoms with E-state index in [0.717, 1.165) is 4.57 Å². The summed E-state index contributed by atoms with van der Waals surface area (Å²) in [5, 5.41) is 0.445. The molecule has 3 rings (SSSR count). The molecule has 8 nitrogen and oxygen atoms in total. The van der Waals surface area contributed by atoms with Gasteiger partial charge in [-0.25, -0.2) is 19.1 Å². The van der Waals surface area contributed by atoms with Gasteiger partial charge >= 0.3 is 11.7 Å². The molecule has 0 bridgehead atoms. The standard InChI is InChI=1S/C18H19ClN4O4/c1-4-21-16(24)14-15(20-10-22(14)11(3)17(25)27-5-2)23(18(21)26)13-8-6-7-12(19)9-13/h6-11H,4-5H2,1-3H3/t11-/m0/s1. The molecule has 0 fully saturated rings. The van der Waals surface area contributed by atoms with E-state index >= 15 is 0 Å². The lowest BCUT2D eigenvalue weighted by atomic mass is 10.3. The summed E-state index contributed by atoms with van der Waals surface area (Å²) in [6.07, 6.45) is 1.37. The quantitative estimate of drug-likeness (QED) is 0.623. The number of nitrogens with zero attached hydrogens (tertiary/aromatic N) is 4. The third-order valence-corrected chi connectivity index (χ3v) is 4.52. The number of aromatic nitrogens is 4. The molecule has 1 atom stereocenters. The van der Waals surface area contributed by atoms with E-state index in [-0.39, 0.29) is 24.3 Å². The summed E-state index contributed by atoms with van der Waals surface area (Å²) in [6.45, 7) is 5.42. The number of carbonyl (C=O) groups excluding carboxylic acids is 1. The van der Waals surface area contributed by atoms with Crippen LogP contribution in [-0.4, -0.2) is 31.3 Å². The Bertz CT molecular complexity index is 1130. The largest absolute Gasteiger partial charge is 0.464 e. The molecule has 142 valence electrons. The van der Waals surface area contributed by atoms with Crippen molar-refractivity contribution in [3.8, 4) is 5.69 Å². The predicted molar refractivity (Wildman–Crippen MR) is 102 cm³/mol. The van der Waals surface area contributed by atoms with Gasteiger partial charge in [0.1, 0.15) is 6.04 Å². The number of imidazole rings is 1. The van der Waals surface area contributed by atoms with Gasteiger partial charge in [-0.1, -0.05) is 17.7 Å². The maximum absolute atomic E-state index is 12.9. The Morgan fingerprint density at radius 2 is 2.04 bits per heavy atom. The number of esters is 1. The lowest BCUT2D eigenvalue weighted by Crippen LogP contribution is -2.40. The first kappa shape index (κ1) is 18.9. The summed E-state index contributed by atoms with van der Waals surface area (Å²) < 4.78 is 8.89. The summed E-state index contributed by atoms with van der Waals surface area (Å²) in [7, 11) is 0. The van der Waals surface area contributed by atoms with Gasteiger partial charge in [0.15, 0.2) is 11.2 Å². The van der Waals surface area contributed by atoms with Crippen molar-refractivity contribution >= 4 is 28.7 Å². The number of hydrogen-bond donors (Lipinski definition) is 0. The van der Waals surface area contributed by atoms with Crippen LogP contribution in [0.3, 0.4) is 0 Å². The molecule has 2 heterocycles. The molecule has 0 aliphatic rings. The minimum absolute atomic E-state index is 0.150. The van der Waals surface area contributed by atoms with Gasteiger partial charge in [-0.2, -0.15) is 0 Å². The molecule has 0 amide bonds. The summed E-state index contributed by atoms with van der Waals surface area (Å²) in [5.74, 6) is -0.486. The van der Waals surface area contributed by atoms with Crippen LogP contribution in [-0.2, 0) is 16.1 Å². The van der Waals surface area contributed by atoms with Crippen LogP contribution < -0.4 is 11.2 Å². The van der Waals surface area contributed by atoms with E-state index in [1.807, 2.05) is 0 Å². The molecule has 1 aromatic carbocycles. The molecular weight excluding hydrogens is 372 g/mol. The van der Waals surface area contributed by atoms with Gasteiger partial charge in [0.2, 0.25) is 0 Å². The first-order chi connectivity index (χ1) is 12.9. The second kappa shape index (κ2) is 7.40. The van der Waals surface area contributed by atoms with Crippen LogP contribution in [0.2, 0.25) is 5.02 Å². The summed E-state index contributed by atoms with van der Waals surface area (Å²) in [4.78, 5) is 42.2. The second-order valence-electron chi connectivity index (χ2n) is 5.90. The normalized spacial score (nSPS) is 12.3. The number of rotatable bonds is 5. The van der Waals surface area contributed by atoms with Crippen molar-refractivity contribution in [1.29, 1.82) is 0 Å². The highest BCUT2D eigenvalue weighted by atomic mass is 35.5. The second-order valence-corrected chi connectivity index (χ2v) is 6.34. The summed E-state index contributed by atoms with van der Waals surface area (Å²) >= 11 is 6.06. The van der Waals surface area contributed by atoms with E-state index in [4.69, 9.17) is 16.3 Å². The van der Waals surface area contributed by atoms with Gasteiger partial charge in [-0.15, -0.1) is 0 Å². The number of benzene rings is 1. The Morgan fingerprint density at radius 3 is 2.67 bits per heavy atom. The fourth-order valence-corrected chi connectivity index (χ4v) is 3.13. The zero-order valence-corrected chi connectivity index (χ0v) is 15.9. The fraction of sp³-hybridized carbons (Fsp3) is 0.333. The van der Waals surface area contributed by atoms with Gasteiger partial charge < -0.3 is 9.30 Å². The lowest BCUT2D eigenvalue weighted by molar-refractivity contribution is -0.146. The third-order valence-electron chi connectivity index (χ3n) is 4.28. The smallest absolute Gasteiger partial charge is 0.337 e. The molecule has 0 unspecified atom stereocenters. The Morgan fingerprint density at radius 1 is 1.30 bits per heavy atom. The average molecular weight is 391 g/mol. The number of hydrogen-bond acceptors (Lipinski definition) is 5. The Balaban J connectivity index is 2.37. The lowest BCUT2D eigenvalue weighted by Gasteiger charge is -2.15. The van der Waals surface area contributed by atoms with Crippen molar-refractivity contribution in [3.05, 3.63) is 56.5 Å². The maximum Gasteiger partial charge on any atom is 0.337 e. The highest BCUT2D eigenvalue weighted by Gasteiger charge is 2.24. The first-order valence-corrected chi connectivity index (χ1v) is 8.93. The minimum Gasteiger partial charge on any atom is -0.464 e. The van der Waals surface area contributed by atoms with Crippen LogP contribution in [0.25, 0.3) is 16.9 Å². The summed E-state index contributed by atoms with van der Waals surface area (Å²) in [6, 6.07) is 5.93. The molecule has 27 heavy (non-hydrogen) atoms. The number of ether oxygens (including phenoxy) is 1. The highest BCUT2D eigenvalue weighted by molar-refractivity contribution is 6.30. The van der Waals surface area contributed by atoms with Crippen molar-refractivity contribution in [3.63, 3.8) is 0 Å². The molecule has 2 aromatic heterocycles. The number of carbonyl (C=O) groups is 1. The molecule has 0 spiro atoms. The molecule has 3 aromatic rings. The molecule has 0 N–H and O–H groups in total. The van der Waals surface area contributed by atoms with E-state index in [2.05, 4.69) is 4.98 Å². The highest BCUT2D eigenvalue weighted by Crippen LogP contribution is 2.19. The van der Waals surface area contributed by atoms with Gasteiger partial charge in [-0.05, 0) is 39.0 Å². The Labute approximate surface area is 159 Å². The zero-order valence-electron chi connectivity index (χ0n) is 15.2. The topological polar surface area (TPSA) is 88.1 Å².